The summed E-state index contributed by atoms with van der Waals surface area (Å²) in [5.74, 6) is 0.587. The topological polar surface area (TPSA) is 0 Å². The van der Waals surface area contributed by atoms with Crippen LogP contribution in [0.25, 0.3) is 21.5 Å². The van der Waals surface area contributed by atoms with Crippen LogP contribution < -0.4 is 24.8 Å². The standard InChI is InChI=1S/C15H13.C12H19.C3H6.2ClH.Zr/c1-10-3-5-14-12(7-10)9-13-8-11(2)4-6-15(13)14;1-5-6-10-7-8-11(9-10)12(2,3)4;1-3-2;;;/h3-9H,1-2H3;8-10H,5-6H2,1-4H3;1-2H3;2*1H;/q2*-1;;;;+2/p-2. The Morgan fingerprint density at radius 3 is 1.76 bits per heavy atom. The summed E-state index contributed by atoms with van der Waals surface area (Å²) >= 11 is 1.55. The number of hydrogen-bond acceptors (Lipinski definition) is 0. The Morgan fingerprint density at radius 2 is 1.39 bits per heavy atom. The molecule has 1 unspecified atom stereocenters. The monoisotopic (exact) mass is 558 g/mol. The van der Waals surface area contributed by atoms with Gasteiger partial charge in [-0.1, -0.05) is 87.3 Å². The normalized spacial score (nSPS) is 14.4. The Balaban J connectivity index is 0.000000518. The number of allylic oxidation sites excluding steroid dienone is 4. The predicted octanol–water partition coefficient (Wildman–Crippen LogP) is 2.83. The van der Waals surface area contributed by atoms with Crippen molar-refractivity contribution in [3.05, 3.63) is 77.4 Å². The molecule has 1 aliphatic rings. The van der Waals surface area contributed by atoms with E-state index in [-0.39, 0.29) is 24.8 Å². The van der Waals surface area contributed by atoms with Crippen molar-refractivity contribution >= 4 is 24.8 Å². The Bertz CT molecular complexity index is 1030. The van der Waals surface area contributed by atoms with Gasteiger partial charge in [-0.2, -0.15) is 11.6 Å². The van der Waals surface area contributed by atoms with Gasteiger partial charge in [0, 0.05) is 0 Å². The molecule has 0 saturated heterocycles. The number of halogens is 2. The molecule has 178 valence electrons. The van der Waals surface area contributed by atoms with Gasteiger partial charge in [0.25, 0.3) is 0 Å². The van der Waals surface area contributed by atoms with Crippen LogP contribution in [0.2, 0.25) is 0 Å². The summed E-state index contributed by atoms with van der Waals surface area (Å²) < 4.78 is 1.51. The maximum Gasteiger partial charge on any atom is -0.0469 e. The summed E-state index contributed by atoms with van der Waals surface area (Å²) in [5, 5.41) is 5.46. The third kappa shape index (κ3) is 10.1. The fourth-order valence-electron chi connectivity index (χ4n) is 3.72. The van der Waals surface area contributed by atoms with Crippen LogP contribution in [0.5, 0.6) is 0 Å². The minimum atomic E-state index is 0. The first kappa shape index (κ1) is 32.1. The van der Waals surface area contributed by atoms with E-state index in [1.54, 1.807) is 24.2 Å². The van der Waals surface area contributed by atoms with Crippen LogP contribution in [-0.2, 0) is 24.2 Å². The average Bonchev–Trinajstić information content (AvgIpc) is 3.25. The van der Waals surface area contributed by atoms with Crippen molar-refractivity contribution in [3.63, 3.8) is 0 Å². The molecule has 0 saturated carbocycles. The van der Waals surface area contributed by atoms with Gasteiger partial charge in [-0.25, -0.2) is 6.08 Å². The van der Waals surface area contributed by atoms with Gasteiger partial charge in [0.2, 0.25) is 0 Å². The van der Waals surface area contributed by atoms with E-state index < -0.39 is 0 Å². The molecule has 0 bridgehead atoms. The van der Waals surface area contributed by atoms with Gasteiger partial charge in [-0.3, -0.25) is 6.08 Å². The van der Waals surface area contributed by atoms with Crippen LogP contribution >= 0.6 is 0 Å². The summed E-state index contributed by atoms with van der Waals surface area (Å²) in [6.07, 6.45) is 10.4. The summed E-state index contributed by atoms with van der Waals surface area (Å²) in [7, 11) is 0. The van der Waals surface area contributed by atoms with Crippen molar-refractivity contribution in [2.45, 2.75) is 68.2 Å². The Morgan fingerprint density at radius 1 is 0.939 bits per heavy atom. The zero-order chi connectivity index (χ0) is 23.2. The largest absolute Gasteiger partial charge is 1.00 e. The smallest absolute Gasteiger partial charge is 0.0469 e. The first-order valence-electron chi connectivity index (χ1n) is 11.4. The predicted molar refractivity (Wildman–Crippen MR) is 137 cm³/mol. The van der Waals surface area contributed by atoms with Gasteiger partial charge in [0.1, 0.15) is 0 Å². The molecule has 0 aromatic heterocycles. The van der Waals surface area contributed by atoms with Crippen LogP contribution in [-0.4, -0.2) is 3.21 Å². The molecule has 0 amide bonds. The van der Waals surface area contributed by atoms with E-state index in [4.69, 9.17) is 0 Å². The van der Waals surface area contributed by atoms with Crippen LogP contribution in [0.1, 0.15) is 65.5 Å². The quantitative estimate of drug-likeness (QED) is 0.423. The molecule has 0 N–H and O–H groups in total. The van der Waals surface area contributed by atoms with Gasteiger partial charge >= 0.3 is 41.3 Å². The summed E-state index contributed by atoms with van der Waals surface area (Å²) in [6, 6.07) is 15.6. The van der Waals surface area contributed by atoms with Crippen molar-refractivity contribution in [1.29, 1.82) is 0 Å². The summed E-state index contributed by atoms with van der Waals surface area (Å²) in [5.41, 5.74) is 4.40. The second-order valence-corrected chi connectivity index (χ2v) is 12.4. The summed E-state index contributed by atoms with van der Waals surface area (Å²) in [6.45, 7) is 17.5. The average molecular weight is 561 g/mol. The van der Waals surface area contributed by atoms with Gasteiger partial charge in [0.05, 0.1) is 0 Å². The molecule has 4 rings (SSSR count). The Hall–Kier alpha value is -0.877. The Kier molecular flexibility index (Phi) is 14.1. The maximum absolute atomic E-state index is 3.40. The zero-order valence-electron chi connectivity index (χ0n) is 21.4. The molecular formula is C30H38Cl2Zr-2. The van der Waals surface area contributed by atoms with E-state index >= 15 is 0 Å². The van der Waals surface area contributed by atoms with Gasteiger partial charge in [-0.15, -0.1) is 39.7 Å². The maximum atomic E-state index is 3.40. The minimum absolute atomic E-state index is 0. The van der Waals surface area contributed by atoms with E-state index in [1.165, 1.54) is 54.3 Å². The number of aryl methyl sites for hydroxylation is 2. The van der Waals surface area contributed by atoms with Crippen LogP contribution in [0.3, 0.4) is 0 Å². The van der Waals surface area contributed by atoms with Crippen molar-refractivity contribution < 1.29 is 49.0 Å². The SMILES string of the molecule is CCCC1[C-]=CC(C(C)(C)C)=C1.C[C](C)=[Zr+2].Cc1ccc2c(c1)[cH-]c1cc(C)ccc12.[Cl-].[Cl-]. The van der Waals surface area contributed by atoms with Crippen molar-refractivity contribution in [1.82, 2.24) is 0 Å². The van der Waals surface area contributed by atoms with E-state index in [2.05, 4.69) is 116 Å². The van der Waals surface area contributed by atoms with Crippen molar-refractivity contribution in [2.24, 2.45) is 11.3 Å². The number of hydrogen-bond donors (Lipinski definition) is 0. The molecule has 3 aromatic rings. The first-order valence-corrected chi connectivity index (χ1v) is 12.6. The summed E-state index contributed by atoms with van der Waals surface area (Å²) in [4.78, 5) is 0. The van der Waals surface area contributed by atoms with Gasteiger partial charge in [-0.05, 0) is 13.8 Å². The van der Waals surface area contributed by atoms with Gasteiger partial charge < -0.3 is 24.8 Å². The second-order valence-electron chi connectivity index (χ2n) is 9.90. The second kappa shape index (κ2) is 14.5. The molecule has 3 aromatic carbocycles. The molecular weight excluding hydrogens is 522 g/mol. The third-order valence-corrected chi connectivity index (χ3v) is 5.31. The molecule has 33 heavy (non-hydrogen) atoms. The fourth-order valence-corrected chi connectivity index (χ4v) is 3.72. The molecule has 0 spiro atoms. The van der Waals surface area contributed by atoms with Crippen LogP contribution in [0, 0.1) is 31.3 Å². The van der Waals surface area contributed by atoms with Crippen molar-refractivity contribution in [2.75, 3.05) is 0 Å². The molecule has 0 aliphatic heterocycles. The molecule has 0 fully saturated rings. The first-order chi connectivity index (χ1) is 14.5. The fraction of sp³-hybridized carbons (Fsp3) is 0.400. The number of benzene rings is 2. The van der Waals surface area contributed by atoms with Crippen LogP contribution in [0.15, 0.2) is 60.2 Å². The molecule has 0 radical (unpaired) electrons. The van der Waals surface area contributed by atoms with E-state index in [9.17, 15) is 0 Å². The zero-order valence-corrected chi connectivity index (χ0v) is 25.4. The van der Waals surface area contributed by atoms with Crippen molar-refractivity contribution in [3.8, 4) is 0 Å². The molecule has 3 heteroatoms. The molecule has 1 aliphatic carbocycles. The molecule has 1 atom stereocenters. The van der Waals surface area contributed by atoms with E-state index in [1.807, 2.05) is 0 Å². The molecule has 0 heterocycles. The van der Waals surface area contributed by atoms with Gasteiger partial charge in [0.15, 0.2) is 0 Å². The van der Waals surface area contributed by atoms with E-state index in [0.717, 1.165) is 0 Å². The Labute approximate surface area is 229 Å². The van der Waals surface area contributed by atoms with Crippen LogP contribution in [0.4, 0.5) is 0 Å². The van der Waals surface area contributed by atoms with E-state index in [0.29, 0.717) is 11.3 Å². The number of fused-ring (bicyclic) bond motifs is 3. The third-order valence-electron chi connectivity index (χ3n) is 5.31. The molecule has 0 nitrogen and oxygen atoms in total. The minimum Gasteiger partial charge on any atom is -1.00 e. The number of rotatable bonds is 2.